The second-order valence-corrected chi connectivity index (χ2v) is 4.49. The van der Waals surface area contributed by atoms with Crippen molar-refractivity contribution in [3.63, 3.8) is 0 Å². The number of nitrogens with zero attached hydrogens (tertiary/aromatic N) is 3. The molecule has 6 nitrogen and oxygen atoms in total. The van der Waals surface area contributed by atoms with Gasteiger partial charge in [-0.15, -0.1) is 0 Å². The van der Waals surface area contributed by atoms with Crippen LogP contribution in [0.4, 0.5) is 0 Å². The van der Waals surface area contributed by atoms with Crippen molar-refractivity contribution in [2.24, 2.45) is 0 Å². The van der Waals surface area contributed by atoms with Crippen molar-refractivity contribution in [3.8, 4) is 11.8 Å². The highest BCUT2D eigenvalue weighted by molar-refractivity contribution is 5.98. The third-order valence-corrected chi connectivity index (χ3v) is 2.85. The molecule has 1 N–H and O–H groups in total. The van der Waals surface area contributed by atoms with Gasteiger partial charge in [0.15, 0.2) is 0 Å². The zero-order chi connectivity index (χ0) is 15.8. The van der Waals surface area contributed by atoms with Gasteiger partial charge in [-0.2, -0.15) is 0 Å². The molecule has 0 atom stereocenters. The Labute approximate surface area is 124 Å². The van der Waals surface area contributed by atoms with Crippen LogP contribution in [0.25, 0.3) is 0 Å². The van der Waals surface area contributed by atoms with Crippen LogP contribution in [-0.2, 0) is 4.79 Å². The van der Waals surface area contributed by atoms with E-state index in [0.717, 1.165) is 0 Å². The fourth-order valence-corrected chi connectivity index (χ4v) is 1.62. The molecule has 0 aliphatic carbocycles. The smallest absolute Gasteiger partial charge is 0.255 e. The summed E-state index contributed by atoms with van der Waals surface area (Å²) in [5.74, 6) is 4.76. The van der Waals surface area contributed by atoms with Crippen molar-refractivity contribution < 1.29 is 14.7 Å². The van der Waals surface area contributed by atoms with Crippen LogP contribution in [0, 0.1) is 11.8 Å². The minimum atomic E-state index is -0.293. The molecule has 0 aliphatic rings. The molecule has 1 rings (SSSR count). The average molecular weight is 289 g/mol. The minimum absolute atomic E-state index is 0.0114. The quantitative estimate of drug-likeness (QED) is 0.790. The van der Waals surface area contributed by atoms with Crippen LogP contribution in [0.3, 0.4) is 0 Å². The maximum absolute atomic E-state index is 12.5. The first kappa shape index (κ1) is 16.7. The van der Waals surface area contributed by atoms with Crippen molar-refractivity contribution in [1.29, 1.82) is 0 Å². The Kier molecular flexibility index (Phi) is 6.37. The maximum Gasteiger partial charge on any atom is 0.255 e. The summed E-state index contributed by atoms with van der Waals surface area (Å²) in [6.45, 7) is 1.94. The molecule has 0 fully saturated rings. The molecule has 0 saturated heterocycles. The third-order valence-electron chi connectivity index (χ3n) is 2.85. The lowest BCUT2D eigenvalue weighted by Crippen LogP contribution is -2.40. The zero-order valence-corrected chi connectivity index (χ0v) is 12.5. The van der Waals surface area contributed by atoms with Gasteiger partial charge in [0, 0.05) is 33.0 Å². The number of carbonyl (C=O) groups is 2. The minimum Gasteiger partial charge on any atom is -0.384 e. The van der Waals surface area contributed by atoms with E-state index in [-0.39, 0.29) is 25.0 Å². The molecule has 0 saturated carbocycles. The topological polar surface area (TPSA) is 73.7 Å². The predicted octanol–water partition coefficient (Wildman–Crippen LogP) is -0.0243. The van der Waals surface area contributed by atoms with E-state index in [1.807, 2.05) is 0 Å². The summed E-state index contributed by atoms with van der Waals surface area (Å²) in [5.41, 5.74) is 0.812. The molecule has 0 radical (unpaired) electrons. The number of aliphatic hydroxyl groups excluding tert-OH is 1. The number of hydrogen-bond acceptors (Lipinski definition) is 4. The summed E-state index contributed by atoms with van der Waals surface area (Å²) in [6.07, 6.45) is 2.97. The SMILES string of the molecule is CCN(CC(=O)N(C)C)C(=O)c1ccncc1C#CCO. The Morgan fingerprint density at radius 2 is 2.10 bits per heavy atom. The van der Waals surface area contributed by atoms with Gasteiger partial charge in [0.05, 0.1) is 17.7 Å². The van der Waals surface area contributed by atoms with Crippen LogP contribution in [0.5, 0.6) is 0 Å². The van der Waals surface area contributed by atoms with Crippen molar-refractivity contribution in [2.45, 2.75) is 6.92 Å². The largest absolute Gasteiger partial charge is 0.384 e. The number of pyridine rings is 1. The number of likely N-dealkylation sites (N-methyl/N-ethyl adjacent to an activating group) is 2. The van der Waals surface area contributed by atoms with E-state index < -0.39 is 0 Å². The fourth-order valence-electron chi connectivity index (χ4n) is 1.62. The van der Waals surface area contributed by atoms with E-state index in [2.05, 4.69) is 16.8 Å². The van der Waals surface area contributed by atoms with Crippen LogP contribution in [-0.4, -0.2) is 65.5 Å². The van der Waals surface area contributed by atoms with Crippen LogP contribution >= 0.6 is 0 Å². The van der Waals surface area contributed by atoms with E-state index in [0.29, 0.717) is 17.7 Å². The lowest BCUT2D eigenvalue weighted by molar-refractivity contribution is -0.129. The molecular weight excluding hydrogens is 270 g/mol. The molecule has 1 heterocycles. The summed E-state index contributed by atoms with van der Waals surface area (Å²) >= 11 is 0. The normalized spacial score (nSPS) is 9.52. The van der Waals surface area contributed by atoms with Gasteiger partial charge >= 0.3 is 0 Å². The van der Waals surface area contributed by atoms with Crippen LogP contribution in [0.15, 0.2) is 18.5 Å². The number of aromatic nitrogens is 1. The summed E-state index contributed by atoms with van der Waals surface area (Å²) in [5, 5.41) is 8.75. The fraction of sp³-hybridized carbons (Fsp3) is 0.400. The van der Waals surface area contributed by atoms with Gasteiger partial charge < -0.3 is 14.9 Å². The van der Waals surface area contributed by atoms with E-state index in [1.54, 1.807) is 27.1 Å². The van der Waals surface area contributed by atoms with Crippen LogP contribution in [0.1, 0.15) is 22.8 Å². The Balaban J connectivity index is 3.03. The number of rotatable bonds is 4. The zero-order valence-electron chi connectivity index (χ0n) is 12.5. The molecule has 0 unspecified atom stereocenters. The molecule has 1 aromatic heterocycles. The van der Waals surface area contributed by atoms with Gasteiger partial charge in [-0.05, 0) is 13.0 Å². The highest BCUT2D eigenvalue weighted by atomic mass is 16.2. The van der Waals surface area contributed by atoms with Crippen LogP contribution in [0.2, 0.25) is 0 Å². The second-order valence-electron chi connectivity index (χ2n) is 4.49. The summed E-state index contributed by atoms with van der Waals surface area (Å²) in [4.78, 5) is 31.1. The van der Waals surface area contributed by atoms with Crippen LogP contribution < -0.4 is 0 Å². The van der Waals surface area contributed by atoms with Gasteiger partial charge in [-0.3, -0.25) is 14.6 Å². The number of carbonyl (C=O) groups excluding carboxylic acids is 2. The molecule has 21 heavy (non-hydrogen) atoms. The molecule has 0 bridgehead atoms. The highest BCUT2D eigenvalue weighted by Crippen LogP contribution is 2.10. The van der Waals surface area contributed by atoms with Gasteiger partial charge in [0.1, 0.15) is 6.61 Å². The highest BCUT2D eigenvalue weighted by Gasteiger charge is 2.20. The van der Waals surface area contributed by atoms with E-state index in [9.17, 15) is 9.59 Å². The van der Waals surface area contributed by atoms with Gasteiger partial charge in [-0.25, -0.2) is 0 Å². The number of amides is 2. The van der Waals surface area contributed by atoms with E-state index in [4.69, 9.17) is 5.11 Å². The van der Waals surface area contributed by atoms with Crippen molar-refractivity contribution in [2.75, 3.05) is 33.8 Å². The first-order valence-electron chi connectivity index (χ1n) is 6.54. The predicted molar refractivity (Wildman–Crippen MR) is 78.5 cm³/mol. The second kappa shape index (κ2) is 8.02. The molecule has 0 aliphatic heterocycles. The summed E-state index contributed by atoms with van der Waals surface area (Å²) in [7, 11) is 3.29. The Morgan fingerprint density at radius 3 is 2.67 bits per heavy atom. The molecule has 6 heteroatoms. The molecule has 0 spiro atoms. The lowest BCUT2D eigenvalue weighted by Gasteiger charge is -2.22. The van der Waals surface area contributed by atoms with E-state index in [1.165, 1.54) is 22.2 Å². The van der Waals surface area contributed by atoms with Gasteiger partial charge in [0.2, 0.25) is 5.91 Å². The molecule has 0 aromatic carbocycles. The van der Waals surface area contributed by atoms with Crippen molar-refractivity contribution in [3.05, 3.63) is 29.6 Å². The first-order valence-corrected chi connectivity index (χ1v) is 6.54. The van der Waals surface area contributed by atoms with Crippen molar-refractivity contribution >= 4 is 11.8 Å². The summed E-state index contributed by atoms with van der Waals surface area (Å²) < 4.78 is 0. The summed E-state index contributed by atoms with van der Waals surface area (Å²) in [6, 6.07) is 1.56. The molecule has 2 amide bonds. The monoisotopic (exact) mass is 289 g/mol. The van der Waals surface area contributed by atoms with E-state index >= 15 is 0 Å². The first-order chi connectivity index (χ1) is 10.0. The molecule has 1 aromatic rings. The molecular formula is C15H19N3O3. The van der Waals surface area contributed by atoms with Gasteiger partial charge in [-0.1, -0.05) is 11.8 Å². The van der Waals surface area contributed by atoms with Crippen molar-refractivity contribution in [1.82, 2.24) is 14.8 Å². The maximum atomic E-state index is 12.5. The van der Waals surface area contributed by atoms with Gasteiger partial charge in [0.25, 0.3) is 5.91 Å². The Bertz CT molecular complexity index is 573. The average Bonchev–Trinajstić information content (AvgIpc) is 2.49. The standard InChI is InChI=1S/C15H19N3O3/c1-4-18(11-14(20)17(2)3)15(21)13-7-8-16-10-12(13)6-5-9-19/h7-8,10,19H,4,9,11H2,1-3H3. The Morgan fingerprint density at radius 1 is 1.38 bits per heavy atom. The molecule has 112 valence electrons. The number of aliphatic hydroxyl groups is 1. The number of hydrogen-bond donors (Lipinski definition) is 1. The Hall–Kier alpha value is -2.39. The lowest BCUT2D eigenvalue weighted by atomic mass is 10.1. The third kappa shape index (κ3) is 4.58.